The van der Waals surface area contributed by atoms with Crippen LogP contribution in [0.4, 0.5) is 5.69 Å². The summed E-state index contributed by atoms with van der Waals surface area (Å²) in [7, 11) is 0. The van der Waals surface area contributed by atoms with Crippen molar-refractivity contribution in [2.45, 2.75) is 20.3 Å². The van der Waals surface area contributed by atoms with Crippen LogP contribution in [-0.4, -0.2) is 12.5 Å². The van der Waals surface area contributed by atoms with Crippen LogP contribution in [0.15, 0.2) is 54.6 Å². The van der Waals surface area contributed by atoms with Crippen LogP contribution in [0, 0.1) is 5.92 Å². The molecule has 0 radical (unpaired) electrons. The number of carbonyl (C=O) groups is 1. The molecule has 1 N–H and O–H groups in total. The highest BCUT2D eigenvalue weighted by molar-refractivity contribution is 6.30. The second-order valence-electron chi connectivity index (χ2n) is 5.93. The molecular formula is C20H22ClNO2. The minimum absolute atomic E-state index is 0.182. The summed E-state index contributed by atoms with van der Waals surface area (Å²) in [4.78, 5) is 11.9. The summed E-state index contributed by atoms with van der Waals surface area (Å²) >= 11 is 5.83. The monoisotopic (exact) mass is 343 g/mol. The molecule has 0 saturated carbocycles. The van der Waals surface area contributed by atoms with Crippen LogP contribution in [0.5, 0.6) is 5.75 Å². The fourth-order valence-electron chi connectivity index (χ4n) is 1.98. The molecule has 126 valence electrons. The first-order valence-corrected chi connectivity index (χ1v) is 8.38. The van der Waals surface area contributed by atoms with Crippen LogP contribution in [0.25, 0.3) is 6.08 Å². The predicted molar refractivity (Wildman–Crippen MR) is 101 cm³/mol. The standard InChI is InChI=1S/C20H22ClNO2/c1-15(2)13-14-24-19-10-8-18(9-11-19)22-20(23)12-5-16-3-6-17(21)7-4-16/h3-12,15H,13-14H2,1-2H3,(H,22,23)/b12-5+. The average molecular weight is 344 g/mol. The van der Waals surface area contributed by atoms with Crippen LogP contribution >= 0.6 is 11.6 Å². The molecule has 0 aliphatic heterocycles. The molecule has 0 aliphatic carbocycles. The van der Waals surface area contributed by atoms with Gasteiger partial charge in [-0.1, -0.05) is 37.6 Å². The highest BCUT2D eigenvalue weighted by Gasteiger charge is 2.00. The largest absolute Gasteiger partial charge is 0.494 e. The number of hydrogen-bond acceptors (Lipinski definition) is 2. The SMILES string of the molecule is CC(C)CCOc1ccc(NC(=O)/C=C/c2ccc(Cl)cc2)cc1. The van der Waals surface area contributed by atoms with Gasteiger partial charge in [0, 0.05) is 16.8 Å². The van der Waals surface area contributed by atoms with Crippen molar-refractivity contribution in [1.82, 2.24) is 0 Å². The van der Waals surface area contributed by atoms with E-state index in [2.05, 4.69) is 19.2 Å². The second kappa shape index (κ2) is 9.14. The van der Waals surface area contributed by atoms with Gasteiger partial charge in [0.05, 0.1) is 6.61 Å². The van der Waals surface area contributed by atoms with Crippen LogP contribution in [0.2, 0.25) is 5.02 Å². The minimum Gasteiger partial charge on any atom is -0.494 e. The smallest absolute Gasteiger partial charge is 0.248 e. The van der Waals surface area contributed by atoms with Crippen molar-refractivity contribution in [2.75, 3.05) is 11.9 Å². The highest BCUT2D eigenvalue weighted by Crippen LogP contribution is 2.17. The lowest BCUT2D eigenvalue weighted by atomic mass is 10.1. The summed E-state index contributed by atoms with van der Waals surface area (Å²) in [6.45, 7) is 5.03. The number of amides is 1. The zero-order valence-electron chi connectivity index (χ0n) is 14.0. The fourth-order valence-corrected chi connectivity index (χ4v) is 2.10. The van der Waals surface area contributed by atoms with E-state index in [1.54, 1.807) is 18.2 Å². The normalized spacial score (nSPS) is 11.0. The number of nitrogens with one attached hydrogen (secondary N) is 1. The first-order chi connectivity index (χ1) is 11.5. The maximum absolute atomic E-state index is 11.9. The van der Waals surface area contributed by atoms with Gasteiger partial charge in [0.2, 0.25) is 5.91 Å². The van der Waals surface area contributed by atoms with E-state index < -0.39 is 0 Å². The lowest BCUT2D eigenvalue weighted by Gasteiger charge is -2.09. The third kappa shape index (κ3) is 6.47. The van der Waals surface area contributed by atoms with E-state index in [1.165, 1.54) is 6.08 Å². The fraction of sp³-hybridized carbons (Fsp3) is 0.250. The molecule has 24 heavy (non-hydrogen) atoms. The molecule has 0 aliphatic rings. The van der Waals surface area contributed by atoms with Crippen molar-refractivity contribution in [1.29, 1.82) is 0 Å². The van der Waals surface area contributed by atoms with Gasteiger partial charge in [0.15, 0.2) is 0 Å². The Morgan fingerprint density at radius 2 is 1.79 bits per heavy atom. The van der Waals surface area contributed by atoms with Gasteiger partial charge >= 0.3 is 0 Å². The van der Waals surface area contributed by atoms with Crippen molar-refractivity contribution in [2.24, 2.45) is 5.92 Å². The zero-order valence-corrected chi connectivity index (χ0v) is 14.7. The van der Waals surface area contributed by atoms with E-state index in [0.717, 1.165) is 23.4 Å². The first-order valence-electron chi connectivity index (χ1n) is 8.00. The Morgan fingerprint density at radius 1 is 1.12 bits per heavy atom. The number of carbonyl (C=O) groups excluding carboxylic acids is 1. The summed E-state index contributed by atoms with van der Waals surface area (Å²) in [6, 6.07) is 14.7. The number of rotatable bonds is 7. The molecule has 0 aromatic heterocycles. The van der Waals surface area contributed by atoms with Crippen LogP contribution in [0.1, 0.15) is 25.8 Å². The summed E-state index contributed by atoms with van der Waals surface area (Å²) in [5.41, 5.74) is 1.65. The van der Waals surface area contributed by atoms with Crippen molar-refractivity contribution in [3.63, 3.8) is 0 Å². The van der Waals surface area contributed by atoms with Crippen LogP contribution in [0.3, 0.4) is 0 Å². The molecule has 0 heterocycles. The minimum atomic E-state index is -0.182. The van der Waals surface area contributed by atoms with Crippen molar-refractivity contribution in [3.8, 4) is 5.75 Å². The van der Waals surface area contributed by atoms with E-state index in [1.807, 2.05) is 36.4 Å². The van der Waals surface area contributed by atoms with E-state index in [4.69, 9.17) is 16.3 Å². The number of hydrogen-bond donors (Lipinski definition) is 1. The molecule has 2 aromatic carbocycles. The molecule has 0 spiro atoms. The Kier molecular flexibility index (Phi) is 6.89. The van der Waals surface area contributed by atoms with E-state index in [9.17, 15) is 4.79 Å². The van der Waals surface area contributed by atoms with Crippen LogP contribution < -0.4 is 10.1 Å². The molecule has 3 nitrogen and oxygen atoms in total. The van der Waals surface area contributed by atoms with Gasteiger partial charge < -0.3 is 10.1 Å². The first kappa shape index (κ1) is 18.1. The lowest BCUT2D eigenvalue weighted by Crippen LogP contribution is -2.07. The highest BCUT2D eigenvalue weighted by atomic mass is 35.5. The molecule has 0 fully saturated rings. The van der Waals surface area contributed by atoms with Gasteiger partial charge in [-0.2, -0.15) is 0 Å². The summed E-state index contributed by atoms with van der Waals surface area (Å²) in [5, 5.41) is 3.49. The predicted octanol–water partition coefficient (Wildman–Crippen LogP) is 5.42. The molecule has 0 atom stereocenters. The third-order valence-electron chi connectivity index (χ3n) is 3.38. The Hall–Kier alpha value is -2.26. The zero-order chi connectivity index (χ0) is 17.4. The van der Waals surface area contributed by atoms with E-state index in [-0.39, 0.29) is 5.91 Å². The van der Waals surface area contributed by atoms with Gasteiger partial charge in [-0.3, -0.25) is 4.79 Å². The number of benzene rings is 2. The molecule has 4 heteroatoms. The average Bonchev–Trinajstić information content (AvgIpc) is 2.56. The molecule has 0 unspecified atom stereocenters. The lowest BCUT2D eigenvalue weighted by molar-refractivity contribution is -0.111. The Bertz CT molecular complexity index is 676. The van der Waals surface area contributed by atoms with Crippen molar-refractivity contribution >= 4 is 29.3 Å². The van der Waals surface area contributed by atoms with E-state index >= 15 is 0 Å². The van der Waals surface area contributed by atoms with Crippen LogP contribution in [-0.2, 0) is 4.79 Å². The molecule has 1 amide bonds. The molecule has 0 bridgehead atoms. The Balaban J connectivity index is 1.84. The number of anilines is 1. The van der Waals surface area contributed by atoms with Gasteiger partial charge in [0.1, 0.15) is 5.75 Å². The molecule has 0 saturated heterocycles. The third-order valence-corrected chi connectivity index (χ3v) is 3.63. The molecule has 2 aromatic rings. The Labute approximate surface area is 148 Å². The molecule has 2 rings (SSSR count). The summed E-state index contributed by atoms with van der Waals surface area (Å²) < 4.78 is 5.65. The van der Waals surface area contributed by atoms with Gasteiger partial charge in [-0.15, -0.1) is 0 Å². The topological polar surface area (TPSA) is 38.3 Å². The van der Waals surface area contributed by atoms with Gasteiger partial charge in [0.25, 0.3) is 0 Å². The molecular weight excluding hydrogens is 322 g/mol. The number of halogens is 1. The second-order valence-corrected chi connectivity index (χ2v) is 6.37. The maximum Gasteiger partial charge on any atom is 0.248 e. The van der Waals surface area contributed by atoms with E-state index in [0.29, 0.717) is 17.5 Å². The number of ether oxygens (including phenoxy) is 1. The maximum atomic E-state index is 11.9. The quantitative estimate of drug-likeness (QED) is 0.682. The summed E-state index contributed by atoms with van der Waals surface area (Å²) in [6.07, 6.45) is 4.26. The van der Waals surface area contributed by atoms with Crippen molar-refractivity contribution < 1.29 is 9.53 Å². The van der Waals surface area contributed by atoms with Gasteiger partial charge in [-0.05, 0) is 60.4 Å². The van der Waals surface area contributed by atoms with Gasteiger partial charge in [-0.25, -0.2) is 0 Å². The van der Waals surface area contributed by atoms with Crippen molar-refractivity contribution in [3.05, 3.63) is 65.2 Å². The summed E-state index contributed by atoms with van der Waals surface area (Å²) in [5.74, 6) is 1.25. The Morgan fingerprint density at radius 3 is 2.42 bits per heavy atom.